The van der Waals surface area contributed by atoms with Gasteiger partial charge in [-0.2, -0.15) is 5.26 Å². The monoisotopic (exact) mass is 425 g/mol. The van der Waals surface area contributed by atoms with Crippen LogP contribution in [0.15, 0.2) is 54.9 Å². The predicted molar refractivity (Wildman–Crippen MR) is 123 cm³/mol. The zero-order valence-corrected chi connectivity index (χ0v) is 18.4. The highest BCUT2D eigenvalue weighted by atomic mass is 16.5. The molecule has 0 aliphatic heterocycles. The lowest BCUT2D eigenvalue weighted by atomic mass is 9.86. The number of nitrogens with zero attached hydrogens (tertiary/aromatic N) is 3. The van der Waals surface area contributed by atoms with E-state index < -0.39 is 5.41 Å². The lowest BCUT2D eigenvalue weighted by Gasteiger charge is -2.17. The van der Waals surface area contributed by atoms with Gasteiger partial charge in [0.1, 0.15) is 17.7 Å². The summed E-state index contributed by atoms with van der Waals surface area (Å²) >= 11 is 0. The summed E-state index contributed by atoms with van der Waals surface area (Å²) in [5.41, 5.74) is 3.78. The molecule has 32 heavy (non-hydrogen) atoms. The first kappa shape index (κ1) is 21.1. The van der Waals surface area contributed by atoms with Gasteiger partial charge in [0.25, 0.3) is 5.91 Å². The standard InChI is InChI=1S/C25H23N5O2/c1-15-8-9-17(23(31)30-19-7-5-6-18(12-19)25(3,4)13-26)11-21(15)32-24-20-10-16(2)29-22(20)27-14-28-24/h5-12,14H,1-4H3,(H,30,31)(H,27,28,29). The second-order valence-corrected chi connectivity index (χ2v) is 8.25. The number of rotatable bonds is 5. The van der Waals surface area contributed by atoms with E-state index in [2.05, 4.69) is 26.3 Å². The van der Waals surface area contributed by atoms with E-state index in [9.17, 15) is 10.1 Å². The molecular formula is C25H23N5O2. The number of nitrogens with one attached hydrogen (secondary N) is 2. The number of hydrogen-bond acceptors (Lipinski definition) is 5. The quantitative estimate of drug-likeness (QED) is 0.444. The Morgan fingerprint density at radius 3 is 2.72 bits per heavy atom. The van der Waals surface area contributed by atoms with Gasteiger partial charge in [0.2, 0.25) is 5.88 Å². The number of carbonyl (C=O) groups is 1. The number of fused-ring (bicyclic) bond motifs is 1. The zero-order chi connectivity index (χ0) is 22.9. The van der Waals surface area contributed by atoms with Crippen molar-refractivity contribution in [3.63, 3.8) is 0 Å². The van der Waals surface area contributed by atoms with Crippen LogP contribution in [0, 0.1) is 25.2 Å². The number of aryl methyl sites for hydroxylation is 2. The number of hydrogen-bond donors (Lipinski definition) is 2. The van der Waals surface area contributed by atoms with Crippen molar-refractivity contribution < 1.29 is 9.53 Å². The molecule has 0 aliphatic rings. The summed E-state index contributed by atoms with van der Waals surface area (Å²) in [5.74, 6) is 0.689. The lowest BCUT2D eigenvalue weighted by molar-refractivity contribution is 0.102. The molecule has 4 rings (SSSR count). The molecule has 0 spiro atoms. The highest BCUT2D eigenvalue weighted by Gasteiger charge is 2.20. The number of aromatic nitrogens is 3. The molecule has 2 aromatic heterocycles. The summed E-state index contributed by atoms with van der Waals surface area (Å²) in [6.45, 7) is 7.53. The summed E-state index contributed by atoms with van der Waals surface area (Å²) < 4.78 is 6.07. The average Bonchev–Trinajstić information content (AvgIpc) is 3.16. The maximum atomic E-state index is 12.9. The molecule has 1 amide bonds. The van der Waals surface area contributed by atoms with Crippen molar-refractivity contribution in [2.75, 3.05) is 5.32 Å². The Kier molecular flexibility index (Phi) is 5.37. The zero-order valence-electron chi connectivity index (χ0n) is 18.4. The number of ether oxygens (including phenoxy) is 1. The second-order valence-electron chi connectivity index (χ2n) is 8.25. The molecule has 7 heteroatoms. The number of nitriles is 1. The Morgan fingerprint density at radius 2 is 1.94 bits per heavy atom. The molecule has 2 aromatic carbocycles. The molecule has 2 N–H and O–H groups in total. The van der Waals surface area contributed by atoms with Crippen molar-refractivity contribution in [2.24, 2.45) is 0 Å². The summed E-state index contributed by atoms with van der Waals surface area (Å²) in [5, 5.41) is 13.1. The lowest BCUT2D eigenvalue weighted by Crippen LogP contribution is -2.16. The van der Waals surface area contributed by atoms with Crippen LogP contribution >= 0.6 is 0 Å². The molecule has 0 bridgehead atoms. The van der Waals surface area contributed by atoms with E-state index in [0.717, 1.165) is 22.2 Å². The van der Waals surface area contributed by atoms with Crippen LogP contribution in [0.3, 0.4) is 0 Å². The summed E-state index contributed by atoms with van der Waals surface area (Å²) in [6, 6.07) is 16.8. The molecule has 0 unspecified atom stereocenters. The summed E-state index contributed by atoms with van der Waals surface area (Å²) in [6.07, 6.45) is 1.44. The fourth-order valence-electron chi connectivity index (χ4n) is 3.34. The second kappa shape index (κ2) is 8.16. The van der Waals surface area contributed by atoms with E-state index in [-0.39, 0.29) is 5.91 Å². The molecule has 0 radical (unpaired) electrons. The largest absolute Gasteiger partial charge is 0.438 e. The van der Waals surface area contributed by atoms with Gasteiger partial charge in [-0.1, -0.05) is 18.2 Å². The van der Waals surface area contributed by atoms with Crippen LogP contribution < -0.4 is 10.1 Å². The first-order chi connectivity index (χ1) is 15.3. The van der Waals surface area contributed by atoms with Gasteiger partial charge in [-0.3, -0.25) is 4.79 Å². The average molecular weight is 425 g/mol. The van der Waals surface area contributed by atoms with E-state index in [1.165, 1.54) is 6.33 Å². The van der Waals surface area contributed by atoms with Crippen molar-refractivity contribution in [3.8, 4) is 17.7 Å². The molecule has 0 saturated carbocycles. The van der Waals surface area contributed by atoms with Gasteiger partial charge in [0, 0.05) is 16.9 Å². The van der Waals surface area contributed by atoms with Crippen LogP contribution in [0.5, 0.6) is 11.6 Å². The molecular weight excluding hydrogens is 402 g/mol. The number of aromatic amines is 1. The maximum absolute atomic E-state index is 12.9. The fraction of sp³-hybridized carbons (Fsp3) is 0.200. The van der Waals surface area contributed by atoms with Gasteiger partial charge in [0.15, 0.2) is 0 Å². The highest BCUT2D eigenvalue weighted by Crippen LogP contribution is 2.30. The Balaban J connectivity index is 1.59. The normalized spacial score (nSPS) is 11.2. The molecule has 0 saturated heterocycles. The van der Waals surface area contributed by atoms with Crippen molar-refractivity contribution >= 4 is 22.6 Å². The fourth-order valence-corrected chi connectivity index (χ4v) is 3.34. The van der Waals surface area contributed by atoms with E-state index in [1.54, 1.807) is 18.2 Å². The van der Waals surface area contributed by atoms with Gasteiger partial charge < -0.3 is 15.0 Å². The third-order valence-electron chi connectivity index (χ3n) is 5.30. The summed E-state index contributed by atoms with van der Waals surface area (Å²) in [7, 11) is 0. The first-order valence-electron chi connectivity index (χ1n) is 10.2. The van der Waals surface area contributed by atoms with Gasteiger partial charge in [-0.15, -0.1) is 0 Å². The predicted octanol–water partition coefficient (Wildman–Crippen LogP) is 5.42. The maximum Gasteiger partial charge on any atom is 0.255 e. The minimum absolute atomic E-state index is 0.271. The molecule has 7 nitrogen and oxygen atoms in total. The molecule has 2 heterocycles. The highest BCUT2D eigenvalue weighted by molar-refractivity contribution is 6.04. The molecule has 0 atom stereocenters. The van der Waals surface area contributed by atoms with Gasteiger partial charge >= 0.3 is 0 Å². The molecule has 0 aliphatic carbocycles. The van der Waals surface area contributed by atoms with Crippen molar-refractivity contribution in [3.05, 3.63) is 77.2 Å². The topological polar surface area (TPSA) is 104 Å². The Hall–Kier alpha value is -4.18. The van der Waals surface area contributed by atoms with Crippen LogP contribution in [0.2, 0.25) is 0 Å². The minimum Gasteiger partial charge on any atom is -0.438 e. The van der Waals surface area contributed by atoms with Gasteiger partial charge in [-0.05, 0) is 69.2 Å². The third kappa shape index (κ3) is 4.16. The van der Waals surface area contributed by atoms with Crippen LogP contribution in [0.25, 0.3) is 11.0 Å². The van der Waals surface area contributed by atoms with Crippen LogP contribution in [0.4, 0.5) is 5.69 Å². The Labute approximate surface area is 186 Å². The van der Waals surface area contributed by atoms with Gasteiger partial charge in [-0.25, -0.2) is 9.97 Å². The third-order valence-corrected chi connectivity index (χ3v) is 5.30. The van der Waals surface area contributed by atoms with Crippen molar-refractivity contribution in [2.45, 2.75) is 33.1 Å². The minimum atomic E-state index is -0.648. The summed E-state index contributed by atoms with van der Waals surface area (Å²) in [4.78, 5) is 24.6. The Morgan fingerprint density at radius 1 is 1.12 bits per heavy atom. The van der Waals surface area contributed by atoms with E-state index in [0.29, 0.717) is 28.5 Å². The van der Waals surface area contributed by atoms with E-state index in [1.807, 2.05) is 58.0 Å². The first-order valence-corrected chi connectivity index (χ1v) is 10.2. The number of carbonyl (C=O) groups excluding carboxylic acids is 1. The van der Waals surface area contributed by atoms with E-state index in [4.69, 9.17) is 4.74 Å². The number of H-pyrrole nitrogens is 1. The van der Waals surface area contributed by atoms with Crippen molar-refractivity contribution in [1.29, 1.82) is 5.26 Å². The SMILES string of the molecule is Cc1cc2c(Oc3cc(C(=O)Nc4cccc(C(C)(C)C#N)c4)ccc3C)ncnc2[nH]1. The van der Waals surface area contributed by atoms with Crippen LogP contribution in [0.1, 0.15) is 41.0 Å². The smallest absolute Gasteiger partial charge is 0.255 e. The van der Waals surface area contributed by atoms with E-state index >= 15 is 0 Å². The number of benzene rings is 2. The van der Waals surface area contributed by atoms with Gasteiger partial charge in [0.05, 0.1) is 16.9 Å². The van der Waals surface area contributed by atoms with Crippen LogP contribution in [-0.2, 0) is 5.41 Å². The Bertz CT molecular complexity index is 1360. The number of amides is 1. The number of anilines is 1. The van der Waals surface area contributed by atoms with Crippen molar-refractivity contribution in [1.82, 2.24) is 15.0 Å². The molecule has 160 valence electrons. The van der Waals surface area contributed by atoms with Crippen LogP contribution in [-0.4, -0.2) is 20.9 Å². The molecule has 4 aromatic rings. The molecule has 0 fully saturated rings.